The predicted octanol–water partition coefficient (Wildman–Crippen LogP) is 1.40. The van der Waals surface area contributed by atoms with Gasteiger partial charge in [-0.1, -0.05) is 6.92 Å². The Kier molecular flexibility index (Phi) is 5.55. The molecular formula is C14H22N4O4S. The van der Waals surface area contributed by atoms with Gasteiger partial charge in [-0.05, 0) is 45.1 Å². The smallest absolute Gasteiger partial charge is 0.293 e. The minimum absolute atomic E-state index is 0.117. The lowest BCUT2D eigenvalue weighted by molar-refractivity contribution is -0.384. The van der Waals surface area contributed by atoms with Gasteiger partial charge in [0.25, 0.3) is 5.69 Å². The van der Waals surface area contributed by atoms with Gasteiger partial charge in [0.1, 0.15) is 5.69 Å². The Labute approximate surface area is 136 Å². The number of sulfonamides is 1. The fourth-order valence-corrected chi connectivity index (χ4v) is 3.62. The maximum atomic E-state index is 11.8. The van der Waals surface area contributed by atoms with Gasteiger partial charge in [-0.25, -0.2) is 13.1 Å². The van der Waals surface area contributed by atoms with Crippen LogP contribution in [0.2, 0.25) is 0 Å². The Morgan fingerprint density at radius 2 is 2.17 bits per heavy atom. The van der Waals surface area contributed by atoms with Crippen molar-refractivity contribution in [3.8, 4) is 0 Å². The van der Waals surface area contributed by atoms with E-state index in [-0.39, 0.29) is 10.6 Å². The van der Waals surface area contributed by atoms with E-state index in [0.29, 0.717) is 18.3 Å². The number of hydrogen-bond donors (Lipinski definition) is 2. The van der Waals surface area contributed by atoms with Crippen LogP contribution in [-0.4, -0.2) is 51.0 Å². The standard InChI is InChI=1S/C14H22N4O4S/c1-3-17-8-4-5-11(17)10-16-13-7-6-12(23(21,22)15-2)9-14(13)18(19)20/h6-7,9,11,15-16H,3-5,8,10H2,1-2H3. The summed E-state index contributed by atoms with van der Waals surface area (Å²) in [4.78, 5) is 12.9. The molecule has 1 atom stereocenters. The number of nitrogens with one attached hydrogen (secondary N) is 2. The van der Waals surface area contributed by atoms with Crippen LogP contribution in [0.4, 0.5) is 11.4 Å². The molecule has 8 nitrogen and oxygen atoms in total. The minimum Gasteiger partial charge on any atom is -0.378 e. The van der Waals surface area contributed by atoms with Crippen LogP contribution in [0.5, 0.6) is 0 Å². The van der Waals surface area contributed by atoms with Crippen LogP contribution in [0.1, 0.15) is 19.8 Å². The lowest BCUT2D eigenvalue weighted by atomic mass is 10.2. The highest BCUT2D eigenvalue weighted by Crippen LogP contribution is 2.28. The molecule has 0 radical (unpaired) electrons. The molecule has 0 saturated carbocycles. The molecule has 9 heteroatoms. The molecule has 2 rings (SSSR count). The Hall–Kier alpha value is -1.71. The van der Waals surface area contributed by atoms with Crippen LogP contribution in [0.3, 0.4) is 0 Å². The number of nitro groups is 1. The summed E-state index contributed by atoms with van der Waals surface area (Å²) in [7, 11) is -2.43. The summed E-state index contributed by atoms with van der Waals surface area (Å²) in [5.74, 6) is 0. The molecule has 23 heavy (non-hydrogen) atoms. The number of likely N-dealkylation sites (tertiary alicyclic amines) is 1. The van der Waals surface area contributed by atoms with Crippen molar-refractivity contribution in [3.63, 3.8) is 0 Å². The van der Waals surface area contributed by atoms with Crippen molar-refractivity contribution in [3.05, 3.63) is 28.3 Å². The summed E-state index contributed by atoms with van der Waals surface area (Å²) in [6.07, 6.45) is 2.18. The highest BCUT2D eigenvalue weighted by atomic mass is 32.2. The van der Waals surface area contributed by atoms with Gasteiger partial charge < -0.3 is 5.32 Å². The predicted molar refractivity (Wildman–Crippen MR) is 88.1 cm³/mol. The zero-order chi connectivity index (χ0) is 17.0. The highest BCUT2D eigenvalue weighted by Gasteiger charge is 2.25. The zero-order valence-electron chi connectivity index (χ0n) is 13.3. The lowest BCUT2D eigenvalue weighted by Crippen LogP contribution is -2.34. The number of likely N-dealkylation sites (N-methyl/N-ethyl adjacent to an activating group) is 1. The fraction of sp³-hybridized carbons (Fsp3) is 0.571. The summed E-state index contributed by atoms with van der Waals surface area (Å²) in [6.45, 7) is 4.70. The average molecular weight is 342 g/mol. The van der Waals surface area contributed by atoms with E-state index in [1.54, 1.807) is 0 Å². The molecule has 1 heterocycles. The second kappa shape index (κ2) is 7.24. The van der Waals surface area contributed by atoms with Crippen LogP contribution >= 0.6 is 0 Å². The van der Waals surface area contributed by atoms with Gasteiger partial charge in [0.05, 0.1) is 9.82 Å². The first-order chi connectivity index (χ1) is 10.9. The molecule has 1 fully saturated rings. The molecule has 1 aliphatic rings. The quantitative estimate of drug-likeness (QED) is 0.573. The van der Waals surface area contributed by atoms with Crippen molar-refractivity contribution < 1.29 is 13.3 Å². The first-order valence-corrected chi connectivity index (χ1v) is 9.07. The Morgan fingerprint density at radius 1 is 1.43 bits per heavy atom. The molecule has 0 spiro atoms. The van der Waals surface area contributed by atoms with Crippen molar-refractivity contribution in [1.82, 2.24) is 9.62 Å². The normalized spacial score (nSPS) is 19.0. The van der Waals surface area contributed by atoms with Crippen LogP contribution in [0.25, 0.3) is 0 Å². The molecule has 1 aromatic carbocycles. The van der Waals surface area contributed by atoms with Gasteiger partial charge >= 0.3 is 0 Å². The Bertz CT molecular complexity index is 677. The minimum atomic E-state index is -3.70. The topological polar surface area (TPSA) is 105 Å². The number of benzene rings is 1. The maximum Gasteiger partial charge on any atom is 0.293 e. The van der Waals surface area contributed by atoms with Crippen LogP contribution in [0.15, 0.2) is 23.1 Å². The second-order valence-corrected chi connectivity index (χ2v) is 7.34. The van der Waals surface area contributed by atoms with Gasteiger partial charge in [-0.2, -0.15) is 0 Å². The molecule has 0 aromatic heterocycles. The van der Waals surface area contributed by atoms with E-state index in [1.807, 2.05) is 0 Å². The summed E-state index contributed by atoms with van der Waals surface area (Å²) in [5, 5.41) is 14.3. The fourth-order valence-electron chi connectivity index (χ4n) is 2.87. The van der Waals surface area contributed by atoms with Gasteiger partial charge in [0.15, 0.2) is 0 Å². The SMILES string of the molecule is CCN1CCCC1CNc1ccc(S(=O)(=O)NC)cc1[N+](=O)[O-]. The summed E-state index contributed by atoms with van der Waals surface area (Å²) in [6, 6.07) is 4.25. The Balaban J connectivity index is 2.20. The van der Waals surface area contributed by atoms with Gasteiger partial charge in [-0.3, -0.25) is 15.0 Å². The monoisotopic (exact) mass is 342 g/mol. The van der Waals surface area contributed by atoms with Gasteiger partial charge in [-0.15, -0.1) is 0 Å². The highest BCUT2D eigenvalue weighted by molar-refractivity contribution is 7.89. The maximum absolute atomic E-state index is 11.8. The van der Waals surface area contributed by atoms with Gasteiger partial charge in [0.2, 0.25) is 10.0 Å². The molecule has 1 aromatic rings. The number of nitro benzene ring substituents is 1. The number of anilines is 1. The van der Waals surface area contributed by atoms with Crippen LogP contribution < -0.4 is 10.0 Å². The van der Waals surface area contributed by atoms with E-state index in [9.17, 15) is 18.5 Å². The number of nitrogens with zero attached hydrogens (tertiary/aromatic N) is 2. The second-order valence-electron chi connectivity index (χ2n) is 5.45. The summed E-state index contributed by atoms with van der Waals surface area (Å²) < 4.78 is 25.7. The Morgan fingerprint density at radius 3 is 2.78 bits per heavy atom. The molecule has 2 N–H and O–H groups in total. The van der Waals surface area contributed by atoms with Crippen molar-refractivity contribution in [2.75, 3.05) is 32.0 Å². The van der Waals surface area contributed by atoms with E-state index in [1.165, 1.54) is 19.2 Å². The van der Waals surface area contributed by atoms with E-state index < -0.39 is 14.9 Å². The molecule has 0 aliphatic carbocycles. The summed E-state index contributed by atoms with van der Waals surface area (Å²) >= 11 is 0. The van der Waals surface area contributed by atoms with E-state index in [0.717, 1.165) is 32.0 Å². The van der Waals surface area contributed by atoms with Crippen molar-refractivity contribution >= 4 is 21.4 Å². The molecule has 0 amide bonds. The van der Waals surface area contributed by atoms with E-state index in [4.69, 9.17) is 0 Å². The van der Waals surface area contributed by atoms with Crippen molar-refractivity contribution in [2.45, 2.75) is 30.7 Å². The van der Waals surface area contributed by atoms with E-state index >= 15 is 0 Å². The third-order valence-corrected chi connectivity index (χ3v) is 5.59. The number of rotatable bonds is 7. The molecule has 0 bridgehead atoms. The van der Waals surface area contributed by atoms with Crippen LogP contribution in [-0.2, 0) is 10.0 Å². The molecule has 1 unspecified atom stereocenters. The average Bonchev–Trinajstić information content (AvgIpc) is 3.00. The van der Waals surface area contributed by atoms with E-state index in [2.05, 4.69) is 21.9 Å². The first-order valence-electron chi connectivity index (χ1n) is 7.59. The lowest BCUT2D eigenvalue weighted by Gasteiger charge is -2.23. The third kappa shape index (κ3) is 3.98. The van der Waals surface area contributed by atoms with Crippen LogP contribution in [0, 0.1) is 10.1 Å². The first kappa shape index (κ1) is 17.6. The number of hydrogen-bond acceptors (Lipinski definition) is 6. The molecule has 1 aliphatic heterocycles. The molecular weight excluding hydrogens is 320 g/mol. The van der Waals surface area contributed by atoms with Crippen molar-refractivity contribution in [2.24, 2.45) is 0 Å². The largest absolute Gasteiger partial charge is 0.378 e. The third-order valence-electron chi connectivity index (χ3n) is 4.18. The zero-order valence-corrected chi connectivity index (χ0v) is 14.1. The van der Waals surface area contributed by atoms with Gasteiger partial charge in [0, 0.05) is 18.7 Å². The van der Waals surface area contributed by atoms with Crippen molar-refractivity contribution in [1.29, 1.82) is 0 Å². The summed E-state index contributed by atoms with van der Waals surface area (Å²) in [5.41, 5.74) is 0.107. The molecule has 128 valence electrons. The molecule has 1 saturated heterocycles.